The van der Waals surface area contributed by atoms with Crippen LogP contribution < -0.4 is 5.46 Å². The Labute approximate surface area is 126 Å². The van der Waals surface area contributed by atoms with Gasteiger partial charge in [0.1, 0.15) is 7.85 Å². The third-order valence-electron chi connectivity index (χ3n) is 5.43. The van der Waals surface area contributed by atoms with Gasteiger partial charge in [0.25, 0.3) is 0 Å². The summed E-state index contributed by atoms with van der Waals surface area (Å²) in [7, 11) is 10.6. The largest absolute Gasteiger partial charge is 0.303 e. The molecule has 0 amide bonds. The van der Waals surface area contributed by atoms with Gasteiger partial charge < -0.3 is 4.90 Å². The van der Waals surface area contributed by atoms with Crippen molar-refractivity contribution in [3.63, 3.8) is 0 Å². The normalized spacial score (nSPS) is 27.2. The summed E-state index contributed by atoms with van der Waals surface area (Å²) in [6.07, 6.45) is 6.36. The lowest BCUT2D eigenvalue weighted by Crippen LogP contribution is -2.49. The molecule has 0 unspecified atom stereocenters. The van der Waals surface area contributed by atoms with Gasteiger partial charge in [-0.25, -0.2) is 0 Å². The highest BCUT2D eigenvalue weighted by atomic mass is 15.1. The van der Waals surface area contributed by atoms with E-state index in [9.17, 15) is 0 Å². The van der Waals surface area contributed by atoms with Crippen molar-refractivity contribution in [3.05, 3.63) is 29.8 Å². The molecule has 108 valence electrons. The van der Waals surface area contributed by atoms with Gasteiger partial charge in [-0.3, -0.25) is 0 Å². The quantitative estimate of drug-likeness (QED) is 0.759. The fraction of sp³-hybridized carbons (Fsp3) is 0.667. The highest BCUT2D eigenvalue weighted by Gasteiger charge is 2.37. The highest BCUT2D eigenvalue weighted by Crippen LogP contribution is 2.40. The zero-order valence-corrected chi connectivity index (χ0v) is 13.5. The second kappa shape index (κ2) is 6.34. The third-order valence-corrected chi connectivity index (χ3v) is 5.43. The number of nitrogens with zero attached hydrogens (tertiary/aromatic N) is 1. The van der Waals surface area contributed by atoms with Gasteiger partial charge >= 0.3 is 0 Å². The Kier molecular flexibility index (Phi) is 4.96. The van der Waals surface area contributed by atoms with Gasteiger partial charge in [0, 0.05) is 5.54 Å². The summed E-state index contributed by atoms with van der Waals surface area (Å²) in [5, 5.41) is 0. The summed E-state index contributed by atoms with van der Waals surface area (Å²) in [6, 6.07) is 8.35. The van der Waals surface area contributed by atoms with Gasteiger partial charge in [-0.15, -0.1) is 0 Å². The molecule has 2 rings (SSSR count). The number of hydrogen-bond acceptors (Lipinski definition) is 1. The number of likely N-dealkylation sites (N-methyl/N-ethyl adjacent to an activating group) is 1. The Morgan fingerprint density at radius 1 is 1.20 bits per heavy atom. The molecule has 20 heavy (non-hydrogen) atoms. The van der Waals surface area contributed by atoms with Crippen molar-refractivity contribution in [3.8, 4) is 0 Å². The van der Waals surface area contributed by atoms with Crippen molar-refractivity contribution in [1.82, 2.24) is 4.90 Å². The van der Waals surface area contributed by atoms with Gasteiger partial charge in [0.2, 0.25) is 0 Å². The van der Waals surface area contributed by atoms with Gasteiger partial charge in [-0.05, 0) is 58.0 Å². The van der Waals surface area contributed by atoms with Crippen molar-refractivity contribution < 1.29 is 0 Å². The lowest BCUT2D eigenvalue weighted by molar-refractivity contribution is 0.0685. The SMILES string of the molecule is [B]c1ccccc1CC1(N(C)C)CCC(C(C)C)CC1. The van der Waals surface area contributed by atoms with E-state index in [0.717, 1.165) is 23.7 Å². The van der Waals surface area contributed by atoms with E-state index in [4.69, 9.17) is 7.85 Å². The Hall–Kier alpha value is -0.755. The average Bonchev–Trinajstić information content (AvgIpc) is 2.42. The van der Waals surface area contributed by atoms with E-state index in [1.165, 1.54) is 31.2 Å². The first kappa shape index (κ1) is 15.6. The molecule has 0 bridgehead atoms. The van der Waals surface area contributed by atoms with Crippen LogP contribution in [0, 0.1) is 11.8 Å². The molecule has 0 heterocycles. The first-order valence-electron chi connectivity index (χ1n) is 7.95. The minimum absolute atomic E-state index is 0.293. The zero-order chi connectivity index (χ0) is 14.8. The van der Waals surface area contributed by atoms with E-state index in [0.29, 0.717) is 5.54 Å². The summed E-state index contributed by atoms with van der Waals surface area (Å²) in [6.45, 7) is 4.73. The van der Waals surface area contributed by atoms with Crippen molar-refractivity contribution in [2.24, 2.45) is 11.8 Å². The van der Waals surface area contributed by atoms with Crippen LogP contribution >= 0.6 is 0 Å². The third kappa shape index (κ3) is 3.28. The first-order chi connectivity index (χ1) is 9.44. The van der Waals surface area contributed by atoms with Crippen LogP contribution in [0.4, 0.5) is 0 Å². The van der Waals surface area contributed by atoms with Crippen LogP contribution in [0.25, 0.3) is 0 Å². The summed E-state index contributed by atoms with van der Waals surface area (Å²) < 4.78 is 0. The van der Waals surface area contributed by atoms with E-state index >= 15 is 0 Å². The second-order valence-corrected chi connectivity index (χ2v) is 7.08. The van der Waals surface area contributed by atoms with Gasteiger partial charge in [-0.1, -0.05) is 49.1 Å². The molecule has 1 nitrogen and oxygen atoms in total. The predicted octanol–water partition coefficient (Wildman–Crippen LogP) is 3.17. The zero-order valence-electron chi connectivity index (χ0n) is 13.5. The number of hydrogen-bond donors (Lipinski definition) is 0. The van der Waals surface area contributed by atoms with Gasteiger partial charge in [0.05, 0.1) is 0 Å². The Balaban J connectivity index is 2.14. The van der Waals surface area contributed by atoms with Crippen LogP contribution in [0.15, 0.2) is 24.3 Å². The second-order valence-electron chi connectivity index (χ2n) is 7.08. The van der Waals surface area contributed by atoms with Crippen molar-refractivity contribution in [2.45, 2.75) is 51.5 Å². The van der Waals surface area contributed by atoms with E-state index in [-0.39, 0.29) is 0 Å². The Bertz CT molecular complexity index is 431. The topological polar surface area (TPSA) is 3.24 Å². The minimum atomic E-state index is 0.293. The van der Waals surface area contributed by atoms with Crippen LogP contribution in [0.1, 0.15) is 45.1 Å². The van der Waals surface area contributed by atoms with E-state index in [1.54, 1.807) is 0 Å². The van der Waals surface area contributed by atoms with Crippen molar-refractivity contribution in [1.29, 1.82) is 0 Å². The molecule has 1 aliphatic carbocycles. The van der Waals surface area contributed by atoms with Crippen LogP contribution in [0.2, 0.25) is 0 Å². The molecule has 0 aromatic heterocycles. The van der Waals surface area contributed by atoms with E-state index < -0.39 is 0 Å². The molecule has 1 aromatic rings. The van der Waals surface area contributed by atoms with E-state index in [2.05, 4.69) is 45.0 Å². The monoisotopic (exact) mass is 269 g/mol. The van der Waals surface area contributed by atoms with Crippen LogP contribution in [-0.2, 0) is 6.42 Å². The molecule has 0 atom stereocenters. The molecule has 1 saturated carbocycles. The lowest BCUT2D eigenvalue weighted by atomic mass is 9.69. The smallest absolute Gasteiger partial charge is 0.114 e. The number of benzene rings is 1. The Morgan fingerprint density at radius 3 is 2.30 bits per heavy atom. The van der Waals surface area contributed by atoms with Crippen LogP contribution in [0.5, 0.6) is 0 Å². The van der Waals surface area contributed by atoms with Crippen LogP contribution in [-0.4, -0.2) is 32.4 Å². The van der Waals surface area contributed by atoms with Crippen molar-refractivity contribution >= 4 is 13.3 Å². The molecule has 0 saturated heterocycles. The van der Waals surface area contributed by atoms with Crippen molar-refractivity contribution in [2.75, 3.05) is 14.1 Å². The summed E-state index contributed by atoms with van der Waals surface area (Å²) in [4.78, 5) is 2.44. The maximum Gasteiger partial charge on any atom is 0.114 e. The minimum Gasteiger partial charge on any atom is -0.303 e. The maximum atomic E-state index is 6.15. The molecule has 1 aliphatic rings. The summed E-state index contributed by atoms with van der Waals surface area (Å²) in [5.41, 5.74) is 2.55. The molecule has 0 N–H and O–H groups in total. The highest BCUT2D eigenvalue weighted by molar-refractivity contribution is 6.33. The van der Waals surface area contributed by atoms with E-state index in [1.807, 2.05) is 12.1 Å². The molecule has 2 radical (unpaired) electrons. The molecule has 1 fully saturated rings. The summed E-state index contributed by atoms with van der Waals surface area (Å²) >= 11 is 0. The van der Waals surface area contributed by atoms with Crippen LogP contribution in [0.3, 0.4) is 0 Å². The average molecular weight is 269 g/mol. The first-order valence-corrected chi connectivity index (χ1v) is 7.95. The fourth-order valence-corrected chi connectivity index (χ4v) is 3.68. The lowest BCUT2D eigenvalue weighted by Gasteiger charge is -2.46. The maximum absolute atomic E-state index is 6.15. The molecule has 0 aliphatic heterocycles. The standard InChI is InChI=1S/C18H28BN/c1-14(2)15-9-11-18(12-10-15,20(3)4)13-16-7-5-6-8-17(16)19/h5-8,14-15H,9-13H2,1-4H3. The molecular formula is C18H28BN. The molecule has 1 aromatic carbocycles. The van der Waals surface area contributed by atoms with Gasteiger partial charge in [-0.2, -0.15) is 0 Å². The Morgan fingerprint density at radius 2 is 1.80 bits per heavy atom. The molecular weight excluding hydrogens is 241 g/mol. The number of rotatable bonds is 4. The molecule has 2 heteroatoms. The fourth-order valence-electron chi connectivity index (χ4n) is 3.68. The predicted molar refractivity (Wildman–Crippen MR) is 88.7 cm³/mol. The summed E-state index contributed by atoms with van der Waals surface area (Å²) in [5.74, 6) is 1.72. The molecule has 0 spiro atoms. The van der Waals surface area contributed by atoms with Gasteiger partial charge in [0.15, 0.2) is 0 Å².